The second-order valence-corrected chi connectivity index (χ2v) is 11.0. The molecule has 1 N–H and O–H groups in total. The Labute approximate surface area is 213 Å². The van der Waals surface area contributed by atoms with E-state index >= 15 is 0 Å². The second kappa shape index (κ2) is 12.4. The lowest BCUT2D eigenvalue weighted by Gasteiger charge is -2.25. The van der Waals surface area contributed by atoms with Crippen molar-refractivity contribution in [2.75, 3.05) is 23.1 Å². The zero-order valence-electron chi connectivity index (χ0n) is 18.1. The van der Waals surface area contributed by atoms with Crippen LogP contribution in [0.2, 0.25) is 10.0 Å². The van der Waals surface area contributed by atoms with E-state index in [1.54, 1.807) is 60.3 Å². The number of thioether (sulfide) groups is 1. The molecule has 3 aromatic rings. The van der Waals surface area contributed by atoms with Gasteiger partial charge < -0.3 is 5.32 Å². The lowest BCUT2D eigenvalue weighted by molar-refractivity contribution is -0.119. The minimum atomic E-state index is -4.07. The molecule has 0 saturated heterocycles. The molecule has 3 rings (SSSR count). The van der Waals surface area contributed by atoms with E-state index in [2.05, 4.69) is 5.32 Å². The largest absolute Gasteiger partial charge is 0.354 e. The summed E-state index contributed by atoms with van der Waals surface area (Å²) in [5.41, 5.74) is 0.755. The van der Waals surface area contributed by atoms with Gasteiger partial charge >= 0.3 is 0 Å². The number of nitrogens with one attached hydrogen (secondary N) is 1. The highest BCUT2D eigenvalue weighted by Gasteiger charge is 2.29. The normalized spacial score (nSPS) is 11.3. The first-order chi connectivity index (χ1) is 16.3. The first-order valence-electron chi connectivity index (χ1n) is 10.4. The molecule has 0 aromatic heterocycles. The van der Waals surface area contributed by atoms with Crippen LogP contribution in [-0.2, 0) is 20.6 Å². The number of carbonyl (C=O) groups is 1. The topological polar surface area (TPSA) is 66.5 Å². The molecule has 0 atom stereocenters. The molecule has 0 aliphatic heterocycles. The summed E-state index contributed by atoms with van der Waals surface area (Å²) < 4.78 is 41.3. The van der Waals surface area contributed by atoms with Crippen LogP contribution in [0.3, 0.4) is 0 Å². The summed E-state index contributed by atoms with van der Waals surface area (Å²) in [7, 11) is -4.07. The van der Waals surface area contributed by atoms with E-state index in [0.29, 0.717) is 30.0 Å². The number of amides is 1. The number of hydrogen-bond donors (Lipinski definition) is 1. The van der Waals surface area contributed by atoms with Gasteiger partial charge in [-0.15, -0.1) is 0 Å². The van der Waals surface area contributed by atoms with Crippen molar-refractivity contribution >= 4 is 56.6 Å². The summed E-state index contributed by atoms with van der Waals surface area (Å²) in [6, 6.07) is 19.0. The number of nitrogens with zero attached hydrogens (tertiary/aromatic N) is 1. The SMILES string of the molecule is O=C(CN(c1cccc(Cl)c1Cl)S(=O)(=O)c1ccccc1)NCCCSCc1ccccc1F. The van der Waals surface area contributed by atoms with Crippen molar-refractivity contribution in [3.63, 3.8) is 0 Å². The number of carbonyl (C=O) groups excluding carboxylic acids is 1. The molecule has 0 heterocycles. The Morgan fingerprint density at radius 1 is 0.971 bits per heavy atom. The first-order valence-corrected chi connectivity index (χ1v) is 13.8. The molecule has 0 unspecified atom stereocenters. The Balaban J connectivity index is 1.62. The van der Waals surface area contributed by atoms with Crippen LogP contribution >= 0.6 is 35.0 Å². The van der Waals surface area contributed by atoms with Gasteiger partial charge in [0.25, 0.3) is 10.0 Å². The lowest BCUT2D eigenvalue weighted by Crippen LogP contribution is -2.41. The molecule has 34 heavy (non-hydrogen) atoms. The van der Waals surface area contributed by atoms with Gasteiger partial charge in [-0.05, 0) is 48.1 Å². The molecule has 3 aromatic carbocycles. The van der Waals surface area contributed by atoms with Crippen molar-refractivity contribution in [1.29, 1.82) is 0 Å². The fourth-order valence-electron chi connectivity index (χ4n) is 3.09. The van der Waals surface area contributed by atoms with E-state index in [-0.39, 0.29) is 26.4 Å². The molecule has 180 valence electrons. The highest BCUT2D eigenvalue weighted by molar-refractivity contribution is 7.98. The molecule has 10 heteroatoms. The van der Waals surface area contributed by atoms with Crippen LogP contribution in [0.25, 0.3) is 0 Å². The van der Waals surface area contributed by atoms with Crippen LogP contribution in [-0.4, -0.2) is 33.2 Å². The van der Waals surface area contributed by atoms with Gasteiger partial charge in [-0.1, -0.05) is 65.7 Å². The first kappa shape index (κ1) is 26.3. The van der Waals surface area contributed by atoms with Crippen molar-refractivity contribution < 1.29 is 17.6 Å². The maximum absolute atomic E-state index is 13.7. The predicted molar refractivity (Wildman–Crippen MR) is 138 cm³/mol. The smallest absolute Gasteiger partial charge is 0.264 e. The maximum atomic E-state index is 13.7. The fraction of sp³-hybridized carbons (Fsp3) is 0.208. The van der Waals surface area contributed by atoms with E-state index < -0.39 is 22.5 Å². The Morgan fingerprint density at radius 3 is 2.41 bits per heavy atom. The Bertz CT molecular complexity index is 1230. The number of anilines is 1. The van der Waals surface area contributed by atoms with Crippen LogP contribution in [0.1, 0.15) is 12.0 Å². The molecule has 1 amide bonds. The molecule has 0 aliphatic carbocycles. The minimum absolute atomic E-state index is 0.0309. The third-order valence-corrected chi connectivity index (χ3v) is 8.50. The molecule has 5 nitrogen and oxygen atoms in total. The quantitative estimate of drug-likeness (QED) is 0.313. The van der Waals surface area contributed by atoms with Crippen LogP contribution in [0.15, 0.2) is 77.7 Å². The molecule has 0 bridgehead atoms. The van der Waals surface area contributed by atoms with Gasteiger partial charge in [-0.2, -0.15) is 11.8 Å². The zero-order valence-corrected chi connectivity index (χ0v) is 21.2. The average molecular weight is 541 g/mol. The van der Waals surface area contributed by atoms with Crippen LogP contribution in [0.5, 0.6) is 0 Å². The van der Waals surface area contributed by atoms with E-state index in [1.807, 2.05) is 0 Å². The number of hydrogen-bond acceptors (Lipinski definition) is 4. The molecular weight excluding hydrogens is 518 g/mol. The van der Waals surface area contributed by atoms with E-state index in [9.17, 15) is 17.6 Å². The second-order valence-electron chi connectivity index (χ2n) is 7.25. The molecule has 0 aliphatic rings. The summed E-state index contributed by atoms with van der Waals surface area (Å²) in [6.07, 6.45) is 0.647. The predicted octanol–water partition coefficient (Wildman–Crippen LogP) is 5.77. The van der Waals surface area contributed by atoms with Crippen molar-refractivity contribution in [1.82, 2.24) is 5.32 Å². The van der Waals surface area contributed by atoms with Crippen molar-refractivity contribution in [2.24, 2.45) is 0 Å². The summed E-state index contributed by atoms with van der Waals surface area (Å²) in [5.74, 6) is 0.537. The molecule has 0 radical (unpaired) electrons. The van der Waals surface area contributed by atoms with E-state index in [1.165, 1.54) is 24.3 Å². The van der Waals surface area contributed by atoms with E-state index in [0.717, 1.165) is 4.31 Å². The van der Waals surface area contributed by atoms with Crippen molar-refractivity contribution in [3.8, 4) is 0 Å². The number of benzene rings is 3. The Morgan fingerprint density at radius 2 is 1.68 bits per heavy atom. The molecule has 0 fully saturated rings. The standard InChI is InChI=1S/C24H23Cl2FN2O3S2/c25-20-11-6-13-22(24(20)26)29(34(31,32)19-9-2-1-3-10-19)16-23(30)28-14-7-15-33-17-18-8-4-5-12-21(18)27/h1-6,8-13H,7,14-17H2,(H,28,30). The zero-order chi connectivity index (χ0) is 24.6. The summed E-state index contributed by atoms with van der Waals surface area (Å²) in [6.45, 7) is -0.106. The molecular formula is C24H23Cl2FN2O3S2. The number of rotatable bonds is 11. The summed E-state index contributed by atoms with van der Waals surface area (Å²) >= 11 is 13.9. The Kier molecular flexibility index (Phi) is 9.64. The van der Waals surface area contributed by atoms with Gasteiger partial charge in [-0.3, -0.25) is 9.10 Å². The third kappa shape index (κ3) is 6.88. The van der Waals surface area contributed by atoms with Crippen LogP contribution < -0.4 is 9.62 Å². The molecule has 0 saturated carbocycles. The monoisotopic (exact) mass is 540 g/mol. The van der Waals surface area contributed by atoms with Gasteiger partial charge in [0.05, 0.1) is 20.6 Å². The maximum Gasteiger partial charge on any atom is 0.264 e. The third-order valence-electron chi connectivity index (χ3n) is 4.82. The fourth-order valence-corrected chi connectivity index (χ4v) is 5.94. The van der Waals surface area contributed by atoms with Crippen LogP contribution in [0.4, 0.5) is 10.1 Å². The highest BCUT2D eigenvalue weighted by atomic mass is 35.5. The number of halogens is 3. The lowest BCUT2D eigenvalue weighted by atomic mass is 10.2. The highest BCUT2D eigenvalue weighted by Crippen LogP contribution is 2.35. The summed E-state index contributed by atoms with van der Waals surface area (Å²) in [5, 5.41) is 2.96. The minimum Gasteiger partial charge on any atom is -0.354 e. The van der Waals surface area contributed by atoms with Gasteiger partial charge in [0, 0.05) is 12.3 Å². The Hall–Kier alpha value is -2.26. The van der Waals surface area contributed by atoms with Crippen molar-refractivity contribution in [2.45, 2.75) is 17.1 Å². The van der Waals surface area contributed by atoms with Crippen molar-refractivity contribution in [3.05, 3.63) is 94.2 Å². The number of sulfonamides is 1. The summed E-state index contributed by atoms with van der Waals surface area (Å²) in [4.78, 5) is 12.7. The van der Waals surface area contributed by atoms with Gasteiger partial charge in [0.1, 0.15) is 12.4 Å². The van der Waals surface area contributed by atoms with Gasteiger partial charge in [0.2, 0.25) is 5.91 Å². The average Bonchev–Trinajstić information content (AvgIpc) is 2.83. The van der Waals surface area contributed by atoms with Gasteiger partial charge in [-0.25, -0.2) is 12.8 Å². The van der Waals surface area contributed by atoms with Crippen LogP contribution in [0, 0.1) is 5.82 Å². The molecule has 0 spiro atoms. The van der Waals surface area contributed by atoms with Gasteiger partial charge in [0.15, 0.2) is 0 Å². The van der Waals surface area contributed by atoms with E-state index in [4.69, 9.17) is 23.2 Å².